The topological polar surface area (TPSA) is 15.3 Å². The lowest BCUT2D eigenvalue weighted by atomic mass is 10.1. The second-order valence-corrected chi connectivity index (χ2v) is 5.67. The third-order valence-electron chi connectivity index (χ3n) is 3.80. The van der Waals surface area contributed by atoms with E-state index in [0.29, 0.717) is 12.1 Å². The molecule has 0 saturated carbocycles. The highest BCUT2D eigenvalue weighted by molar-refractivity contribution is 9.10. The molecule has 3 heteroatoms. The predicted octanol–water partition coefficient (Wildman–Crippen LogP) is 2.56. The molecule has 3 rings (SSSR count). The molecular formula is C13H17BrN2. The monoisotopic (exact) mass is 280 g/mol. The molecule has 0 amide bonds. The number of hydrogen-bond donors (Lipinski definition) is 1. The van der Waals surface area contributed by atoms with Crippen LogP contribution in [-0.4, -0.2) is 25.2 Å². The minimum absolute atomic E-state index is 0.661. The first-order chi connectivity index (χ1) is 7.79. The smallest absolute Gasteiger partial charge is 0.0459 e. The Morgan fingerprint density at radius 1 is 1.44 bits per heavy atom. The number of rotatable bonds is 1. The van der Waals surface area contributed by atoms with Crippen LogP contribution in [-0.2, 0) is 6.42 Å². The van der Waals surface area contributed by atoms with Crippen LogP contribution >= 0.6 is 15.9 Å². The second-order valence-electron chi connectivity index (χ2n) is 4.76. The zero-order chi connectivity index (χ0) is 11.1. The third-order valence-corrected chi connectivity index (χ3v) is 4.29. The number of hydrogen-bond acceptors (Lipinski definition) is 2. The van der Waals surface area contributed by atoms with E-state index in [1.807, 2.05) is 0 Å². The third kappa shape index (κ3) is 1.57. The van der Waals surface area contributed by atoms with Gasteiger partial charge < -0.3 is 10.2 Å². The van der Waals surface area contributed by atoms with Gasteiger partial charge in [-0.3, -0.25) is 0 Å². The van der Waals surface area contributed by atoms with Crippen molar-refractivity contribution in [1.29, 1.82) is 0 Å². The fourth-order valence-electron chi connectivity index (χ4n) is 3.02. The Balaban J connectivity index is 2.01. The maximum atomic E-state index is 3.58. The van der Waals surface area contributed by atoms with Crippen LogP contribution in [0.3, 0.4) is 0 Å². The van der Waals surface area contributed by atoms with Gasteiger partial charge in [0.05, 0.1) is 0 Å². The van der Waals surface area contributed by atoms with Gasteiger partial charge >= 0.3 is 0 Å². The maximum absolute atomic E-state index is 3.58. The number of nitrogens with one attached hydrogen (secondary N) is 1. The molecule has 2 heterocycles. The van der Waals surface area contributed by atoms with Crippen LogP contribution < -0.4 is 10.2 Å². The zero-order valence-corrected chi connectivity index (χ0v) is 11.1. The quantitative estimate of drug-likeness (QED) is 0.851. The molecule has 0 spiro atoms. The van der Waals surface area contributed by atoms with Gasteiger partial charge in [-0.25, -0.2) is 0 Å². The molecule has 86 valence electrons. The Morgan fingerprint density at radius 2 is 2.31 bits per heavy atom. The van der Waals surface area contributed by atoms with E-state index < -0.39 is 0 Å². The normalized spacial score (nSPS) is 27.8. The fraction of sp³-hybridized carbons (Fsp3) is 0.538. The number of anilines is 1. The summed E-state index contributed by atoms with van der Waals surface area (Å²) in [5.41, 5.74) is 2.96. The molecule has 2 atom stereocenters. The van der Waals surface area contributed by atoms with E-state index >= 15 is 0 Å². The molecule has 0 aliphatic carbocycles. The first-order valence-corrected chi connectivity index (χ1v) is 6.86. The Hall–Kier alpha value is -0.540. The number of nitrogens with zero attached hydrogens (tertiary/aromatic N) is 1. The van der Waals surface area contributed by atoms with Gasteiger partial charge in [-0.15, -0.1) is 0 Å². The van der Waals surface area contributed by atoms with Gasteiger partial charge in [-0.05, 0) is 30.5 Å². The molecule has 1 aromatic carbocycles. The minimum Gasteiger partial charge on any atom is -0.362 e. The number of benzene rings is 1. The summed E-state index contributed by atoms with van der Waals surface area (Å²) in [5.74, 6) is 0. The molecular weight excluding hydrogens is 264 g/mol. The molecule has 2 aliphatic rings. The summed E-state index contributed by atoms with van der Waals surface area (Å²) in [7, 11) is 0. The van der Waals surface area contributed by atoms with Crippen LogP contribution in [0.1, 0.15) is 18.9 Å². The summed E-state index contributed by atoms with van der Waals surface area (Å²) in [6.07, 6.45) is 2.42. The second kappa shape index (κ2) is 4.04. The van der Waals surface area contributed by atoms with Crippen LogP contribution in [0.15, 0.2) is 22.7 Å². The van der Waals surface area contributed by atoms with Gasteiger partial charge in [0, 0.05) is 35.3 Å². The molecule has 0 bridgehead atoms. The fourth-order valence-corrected chi connectivity index (χ4v) is 3.37. The van der Waals surface area contributed by atoms with E-state index in [2.05, 4.69) is 51.3 Å². The molecule has 1 N–H and O–H groups in total. The molecule has 0 radical (unpaired) electrons. The van der Waals surface area contributed by atoms with Crippen LogP contribution in [0, 0.1) is 0 Å². The summed E-state index contributed by atoms with van der Waals surface area (Å²) >= 11 is 3.58. The van der Waals surface area contributed by atoms with Crippen molar-refractivity contribution in [3.63, 3.8) is 0 Å². The van der Waals surface area contributed by atoms with Crippen LogP contribution in [0.25, 0.3) is 0 Å². The van der Waals surface area contributed by atoms with E-state index in [4.69, 9.17) is 0 Å². The summed E-state index contributed by atoms with van der Waals surface area (Å²) in [6.45, 7) is 4.53. The van der Waals surface area contributed by atoms with Crippen molar-refractivity contribution in [3.05, 3.63) is 28.2 Å². The van der Waals surface area contributed by atoms with Crippen LogP contribution in [0.4, 0.5) is 5.69 Å². The van der Waals surface area contributed by atoms with Gasteiger partial charge in [-0.1, -0.05) is 28.9 Å². The summed E-state index contributed by atoms with van der Waals surface area (Å²) in [4.78, 5) is 2.64. The van der Waals surface area contributed by atoms with E-state index in [1.54, 1.807) is 0 Å². The molecule has 0 aromatic heterocycles. The van der Waals surface area contributed by atoms with Gasteiger partial charge in [0.25, 0.3) is 0 Å². The number of piperazine rings is 1. The van der Waals surface area contributed by atoms with Crippen molar-refractivity contribution >= 4 is 21.6 Å². The van der Waals surface area contributed by atoms with Gasteiger partial charge in [0.2, 0.25) is 0 Å². The van der Waals surface area contributed by atoms with E-state index in [0.717, 1.165) is 13.1 Å². The van der Waals surface area contributed by atoms with E-state index in [-0.39, 0.29) is 0 Å². The zero-order valence-electron chi connectivity index (χ0n) is 9.54. The summed E-state index contributed by atoms with van der Waals surface area (Å²) in [5, 5.41) is 3.55. The summed E-state index contributed by atoms with van der Waals surface area (Å²) < 4.78 is 1.19. The van der Waals surface area contributed by atoms with Gasteiger partial charge in [-0.2, -0.15) is 0 Å². The lowest BCUT2D eigenvalue weighted by Crippen LogP contribution is -2.55. The first-order valence-electron chi connectivity index (χ1n) is 6.07. The lowest BCUT2D eigenvalue weighted by Gasteiger charge is -2.40. The highest BCUT2D eigenvalue weighted by Gasteiger charge is 2.35. The van der Waals surface area contributed by atoms with Crippen molar-refractivity contribution in [1.82, 2.24) is 5.32 Å². The minimum atomic E-state index is 0.661. The Bertz CT molecular complexity index is 399. The highest BCUT2D eigenvalue weighted by Crippen LogP contribution is 2.37. The highest BCUT2D eigenvalue weighted by atomic mass is 79.9. The maximum Gasteiger partial charge on any atom is 0.0459 e. The van der Waals surface area contributed by atoms with Gasteiger partial charge in [0.1, 0.15) is 0 Å². The number of halogens is 1. The Kier molecular flexibility index (Phi) is 2.68. The molecule has 1 fully saturated rings. The van der Waals surface area contributed by atoms with Gasteiger partial charge in [0.15, 0.2) is 0 Å². The van der Waals surface area contributed by atoms with Crippen molar-refractivity contribution in [2.75, 3.05) is 18.0 Å². The largest absolute Gasteiger partial charge is 0.362 e. The molecule has 1 aromatic rings. The molecule has 1 unspecified atom stereocenters. The number of fused-ring (bicyclic) bond motifs is 3. The first kappa shape index (κ1) is 10.6. The van der Waals surface area contributed by atoms with Crippen molar-refractivity contribution in [2.24, 2.45) is 0 Å². The Labute approximate surface area is 105 Å². The van der Waals surface area contributed by atoms with E-state index in [9.17, 15) is 0 Å². The lowest BCUT2D eigenvalue weighted by molar-refractivity contribution is 0.405. The molecule has 2 aliphatic heterocycles. The molecule has 1 saturated heterocycles. The Morgan fingerprint density at radius 3 is 3.12 bits per heavy atom. The standard InChI is InChI=1S/C13H17BrN2/c1-2-11-7-15-8-12-5-9-3-4-10(14)6-13(9)16(11)12/h3-4,6,11-12,15H,2,5,7-8H2,1H3/t11?,12-/m0/s1. The van der Waals surface area contributed by atoms with Crippen LogP contribution in [0.5, 0.6) is 0 Å². The molecule has 16 heavy (non-hydrogen) atoms. The summed E-state index contributed by atoms with van der Waals surface area (Å²) in [6, 6.07) is 8.04. The van der Waals surface area contributed by atoms with E-state index in [1.165, 1.54) is 28.6 Å². The average molecular weight is 281 g/mol. The van der Waals surface area contributed by atoms with Crippen LogP contribution in [0.2, 0.25) is 0 Å². The SMILES string of the molecule is CCC1CNC[C@@H]2Cc3ccc(Br)cc3N12. The van der Waals surface area contributed by atoms with Crippen molar-refractivity contribution < 1.29 is 0 Å². The predicted molar refractivity (Wildman–Crippen MR) is 71.1 cm³/mol. The van der Waals surface area contributed by atoms with Crippen molar-refractivity contribution in [3.8, 4) is 0 Å². The molecule has 2 nitrogen and oxygen atoms in total. The van der Waals surface area contributed by atoms with Crippen molar-refractivity contribution in [2.45, 2.75) is 31.8 Å². The average Bonchev–Trinajstić information content (AvgIpc) is 2.66.